The molecule has 142 valence electrons. The van der Waals surface area contributed by atoms with Crippen molar-refractivity contribution in [3.05, 3.63) is 48.3 Å². The summed E-state index contributed by atoms with van der Waals surface area (Å²) >= 11 is 0. The van der Waals surface area contributed by atoms with Gasteiger partial charge in [-0.05, 0) is 24.3 Å². The monoisotopic (exact) mass is 379 g/mol. The highest BCUT2D eigenvalue weighted by Gasteiger charge is 2.31. The summed E-state index contributed by atoms with van der Waals surface area (Å²) in [6, 6.07) is 5.84. The molecule has 1 saturated heterocycles. The van der Waals surface area contributed by atoms with Gasteiger partial charge in [0, 0.05) is 44.3 Å². The van der Waals surface area contributed by atoms with E-state index in [9.17, 15) is 22.8 Å². The number of benzene rings is 1. The van der Waals surface area contributed by atoms with Gasteiger partial charge in [-0.25, -0.2) is 9.97 Å². The predicted molar refractivity (Wildman–Crippen MR) is 90.9 cm³/mol. The van der Waals surface area contributed by atoms with Crippen LogP contribution in [-0.2, 0) is 15.8 Å². The number of carbonyl (C=O) groups excluding carboxylic acids is 2. The molecule has 0 spiro atoms. The van der Waals surface area contributed by atoms with Gasteiger partial charge in [0.2, 0.25) is 5.95 Å². The number of aromatic nitrogens is 2. The summed E-state index contributed by atoms with van der Waals surface area (Å²) in [6.07, 6.45) is -1.30. The zero-order valence-corrected chi connectivity index (χ0v) is 14.1. The number of piperazine rings is 1. The van der Waals surface area contributed by atoms with Crippen LogP contribution in [-0.4, -0.2) is 52.9 Å². The molecule has 0 saturated carbocycles. The van der Waals surface area contributed by atoms with E-state index in [4.69, 9.17) is 0 Å². The summed E-state index contributed by atoms with van der Waals surface area (Å²) < 4.78 is 38.2. The first-order valence-corrected chi connectivity index (χ1v) is 8.14. The number of amides is 2. The molecule has 27 heavy (non-hydrogen) atoms. The summed E-state index contributed by atoms with van der Waals surface area (Å²) in [5.41, 5.74) is -0.983. The normalized spacial score (nSPS) is 14.8. The lowest BCUT2D eigenvalue weighted by atomic mass is 10.2. The summed E-state index contributed by atoms with van der Waals surface area (Å²) in [5, 5.41) is 2.23. The van der Waals surface area contributed by atoms with E-state index in [1.54, 1.807) is 18.5 Å². The number of nitrogens with zero attached hydrogens (tertiary/aromatic N) is 4. The van der Waals surface area contributed by atoms with Crippen LogP contribution in [0, 0.1) is 0 Å². The zero-order valence-electron chi connectivity index (χ0n) is 14.1. The second-order valence-electron chi connectivity index (χ2n) is 5.86. The van der Waals surface area contributed by atoms with Crippen molar-refractivity contribution in [1.29, 1.82) is 0 Å². The SMILES string of the molecule is O=C(Nc1cccc(C(F)(F)F)c1)C(=O)N1CCN(c2ncccn2)CC1. The molecule has 2 aromatic rings. The average Bonchev–Trinajstić information content (AvgIpc) is 2.68. The Labute approximate surface area is 152 Å². The first-order chi connectivity index (χ1) is 12.8. The molecule has 1 aromatic carbocycles. The molecule has 0 aliphatic carbocycles. The molecule has 1 fully saturated rings. The molecule has 0 unspecified atom stereocenters. The highest BCUT2D eigenvalue weighted by Crippen LogP contribution is 2.30. The third-order valence-corrected chi connectivity index (χ3v) is 4.04. The van der Waals surface area contributed by atoms with Crippen molar-refractivity contribution in [1.82, 2.24) is 14.9 Å². The molecule has 10 heteroatoms. The van der Waals surface area contributed by atoms with Crippen molar-refractivity contribution < 1.29 is 22.8 Å². The summed E-state index contributed by atoms with van der Waals surface area (Å²) in [5.74, 6) is -1.22. The number of carbonyl (C=O) groups is 2. The van der Waals surface area contributed by atoms with Crippen LogP contribution in [0.15, 0.2) is 42.7 Å². The highest BCUT2D eigenvalue weighted by molar-refractivity contribution is 6.39. The molecule has 0 bridgehead atoms. The Morgan fingerprint density at radius 1 is 1.00 bits per heavy atom. The van der Waals surface area contributed by atoms with E-state index in [1.165, 1.54) is 17.0 Å². The molecular formula is C17H16F3N5O2. The van der Waals surface area contributed by atoms with Crippen molar-refractivity contribution >= 4 is 23.5 Å². The molecule has 1 aromatic heterocycles. The maximum Gasteiger partial charge on any atom is 0.416 e. The van der Waals surface area contributed by atoms with Crippen molar-refractivity contribution in [2.75, 3.05) is 36.4 Å². The van der Waals surface area contributed by atoms with Crippen LogP contribution in [0.2, 0.25) is 0 Å². The first-order valence-electron chi connectivity index (χ1n) is 8.14. The fourth-order valence-electron chi connectivity index (χ4n) is 2.67. The lowest BCUT2D eigenvalue weighted by Gasteiger charge is -2.34. The molecular weight excluding hydrogens is 363 g/mol. The minimum absolute atomic E-state index is 0.0838. The van der Waals surface area contributed by atoms with Gasteiger partial charge in [0.15, 0.2) is 0 Å². The largest absolute Gasteiger partial charge is 0.416 e. The molecule has 0 radical (unpaired) electrons. The summed E-state index contributed by atoms with van der Waals surface area (Å²) in [4.78, 5) is 35.9. The zero-order chi connectivity index (χ0) is 19.4. The van der Waals surface area contributed by atoms with Gasteiger partial charge in [0.25, 0.3) is 0 Å². The maximum absolute atomic E-state index is 12.7. The number of anilines is 2. The maximum atomic E-state index is 12.7. The molecule has 1 aliphatic rings. The quantitative estimate of drug-likeness (QED) is 0.805. The Balaban J connectivity index is 1.58. The van der Waals surface area contributed by atoms with Crippen LogP contribution in [0.3, 0.4) is 0 Å². The van der Waals surface area contributed by atoms with Gasteiger partial charge in [-0.3, -0.25) is 9.59 Å². The van der Waals surface area contributed by atoms with E-state index >= 15 is 0 Å². The van der Waals surface area contributed by atoms with E-state index in [1.807, 2.05) is 4.90 Å². The van der Waals surface area contributed by atoms with E-state index < -0.39 is 23.6 Å². The number of rotatable bonds is 2. The van der Waals surface area contributed by atoms with Gasteiger partial charge >= 0.3 is 18.0 Å². The number of hydrogen-bond donors (Lipinski definition) is 1. The summed E-state index contributed by atoms with van der Waals surface area (Å²) in [7, 11) is 0. The Morgan fingerprint density at radius 2 is 1.67 bits per heavy atom. The third-order valence-electron chi connectivity index (χ3n) is 4.04. The molecule has 1 N–H and O–H groups in total. The molecule has 2 amide bonds. The van der Waals surface area contributed by atoms with Crippen molar-refractivity contribution in [3.63, 3.8) is 0 Å². The van der Waals surface area contributed by atoms with E-state index in [-0.39, 0.29) is 18.8 Å². The van der Waals surface area contributed by atoms with E-state index in [0.717, 1.165) is 12.1 Å². The van der Waals surface area contributed by atoms with Crippen LogP contribution in [0.1, 0.15) is 5.56 Å². The second kappa shape index (κ2) is 7.60. The minimum Gasteiger partial charge on any atom is -0.337 e. The van der Waals surface area contributed by atoms with Gasteiger partial charge in [0.1, 0.15) is 0 Å². The van der Waals surface area contributed by atoms with Crippen LogP contribution in [0.25, 0.3) is 0 Å². The minimum atomic E-state index is -4.53. The van der Waals surface area contributed by atoms with E-state index in [0.29, 0.717) is 19.0 Å². The van der Waals surface area contributed by atoms with Crippen LogP contribution in [0.5, 0.6) is 0 Å². The standard InChI is InChI=1S/C17H16F3N5O2/c18-17(19,20)12-3-1-4-13(11-12)23-14(26)15(27)24-7-9-25(10-8-24)16-21-5-2-6-22-16/h1-6,11H,7-10H2,(H,23,26). The van der Waals surface area contributed by atoms with Gasteiger partial charge in [-0.15, -0.1) is 0 Å². The number of alkyl halides is 3. The van der Waals surface area contributed by atoms with Gasteiger partial charge in [0.05, 0.1) is 5.56 Å². The first kappa shape index (κ1) is 18.6. The molecule has 7 nitrogen and oxygen atoms in total. The Bertz CT molecular complexity index is 821. The smallest absolute Gasteiger partial charge is 0.337 e. The fraction of sp³-hybridized carbons (Fsp3) is 0.294. The van der Waals surface area contributed by atoms with Gasteiger partial charge < -0.3 is 15.1 Å². The molecule has 2 heterocycles. The lowest BCUT2D eigenvalue weighted by molar-refractivity contribution is -0.143. The third kappa shape index (κ3) is 4.52. The van der Waals surface area contributed by atoms with Crippen LogP contribution >= 0.6 is 0 Å². The second-order valence-corrected chi connectivity index (χ2v) is 5.86. The van der Waals surface area contributed by atoms with Gasteiger partial charge in [-0.1, -0.05) is 6.07 Å². The number of nitrogens with one attached hydrogen (secondary N) is 1. The lowest BCUT2D eigenvalue weighted by Crippen LogP contribution is -2.52. The van der Waals surface area contributed by atoms with Gasteiger partial charge in [-0.2, -0.15) is 13.2 Å². The Hall–Kier alpha value is -3.17. The van der Waals surface area contributed by atoms with Crippen LogP contribution < -0.4 is 10.2 Å². The average molecular weight is 379 g/mol. The molecule has 1 aliphatic heterocycles. The fourth-order valence-corrected chi connectivity index (χ4v) is 2.67. The highest BCUT2D eigenvalue weighted by atomic mass is 19.4. The topological polar surface area (TPSA) is 78.4 Å². The molecule has 3 rings (SSSR count). The van der Waals surface area contributed by atoms with Crippen LogP contribution in [0.4, 0.5) is 24.8 Å². The predicted octanol–water partition coefficient (Wildman–Crippen LogP) is 1.78. The number of hydrogen-bond acceptors (Lipinski definition) is 5. The van der Waals surface area contributed by atoms with Crippen molar-refractivity contribution in [3.8, 4) is 0 Å². The van der Waals surface area contributed by atoms with Crippen molar-refractivity contribution in [2.45, 2.75) is 6.18 Å². The van der Waals surface area contributed by atoms with E-state index in [2.05, 4.69) is 15.3 Å². The number of halogens is 3. The molecule has 0 atom stereocenters. The Morgan fingerprint density at radius 3 is 2.30 bits per heavy atom. The van der Waals surface area contributed by atoms with Crippen molar-refractivity contribution in [2.24, 2.45) is 0 Å². The summed E-state index contributed by atoms with van der Waals surface area (Å²) in [6.45, 7) is 1.47. The Kier molecular flexibility index (Phi) is 5.24.